The summed E-state index contributed by atoms with van der Waals surface area (Å²) in [5.41, 5.74) is 4.68. The molecule has 0 spiro atoms. The standard InChI is InChI=1S/C28H25N5O3.Li/c1-3-9-24-26(25(28(34)35-4-2)22-12-7-8-13-23(22)29-24)36-19-16-14-18(15-17-19)20-10-5-6-11-21(20)27-30-32-33-31-27;/h5-8,10-17H,3-4,9H2,1-2H3,(H,30,31,32,33);. The first-order valence-corrected chi connectivity index (χ1v) is 11.9. The third-order valence-electron chi connectivity index (χ3n) is 5.78. The number of pyridine rings is 1. The van der Waals surface area contributed by atoms with Gasteiger partial charge >= 0.3 is 5.97 Å². The van der Waals surface area contributed by atoms with Crippen LogP contribution in [0.25, 0.3) is 33.4 Å². The van der Waals surface area contributed by atoms with E-state index < -0.39 is 5.97 Å². The fourth-order valence-electron chi connectivity index (χ4n) is 4.19. The zero-order valence-electron chi connectivity index (χ0n) is 21.1. The first-order valence-electron chi connectivity index (χ1n) is 11.9. The van der Waals surface area contributed by atoms with Crippen LogP contribution in [0.1, 0.15) is 36.3 Å². The molecule has 2 heterocycles. The zero-order chi connectivity index (χ0) is 24.9. The minimum absolute atomic E-state index is 0. The van der Waals surface area contributed by atoms with E-state index in [2.05, 4.69) is 27.5 Å². The number of aromatic amines is 1. The second-order valence-corrected chi connectivity index (χ2v) is 8.16. The van der Waals surface area contributed by atoms with Crippen LogP contribution in [-0.2, 0) is 11.2 Å². The van der Waals surface area contributed by atoms with Crippen LogP contribution in [0, 0.1) is 0 Å². The minimum Gasteiger partial charge on any atom is -0.462 e. The van der Waals surface area contributed by atoms with Crippen molar-refractivity contribution in [3.8, 4) is 34.0 Å². The van der Waals surface area contributed by atoms with Crippen molar-refractivity contribution in [3.63, 3.8) is 0 Å². The molecule has 2 aromatic heterocycles. The molecule has 5 aromatic rings. The van der Waals surface area contributed by atoms with Crippen molar-refractivity contribution in [2.75, 3.05) is 6.61 Å². The molecule has 0 atom stereocenters. The summed E-state index contributed by atoms with van der Waals surface area (Å²) in [6.07, 6.45) is 1.53. The maximum absolute atomic E-state index is 13.1. The van der Waals surface area contributed by atoms with Crippen LogP contribution in [-0.4, -0.2) is 57.0 Å². The van der Waals surface area contributed by atoms with Crippen LogP contribution in [0.3, 0.4) is 0 Å². The number of rotatable bonds is 8. The maximum atomic E-state index is 13.1. The Labute approximate surface area is 226 Å². The number of ether oxygens (including phenoxy) is 2. The molecular weight excluding hydrogens is 461 g/mol. The summed E-state index contributed by atoms with van der Waals surface area (Å²) in [5.74, 6) is 1.13. The third-order valence-corrected chi connectivity index (χ3v) is 5.78. The van der Waals surface area contributed by atoms with Crippen molar-refractivity contribution < 1.29 is 14.3 Å². The number of nitrogens with zero attached hydrogens (tertiary/aromatic N) is 4. The first-order chi connectivity index (χ1) is 17.7. The van der Waals surface area contributed by atoms with Crippen LogP contribution in [0.2, 0.25) is 0 Å². The summed E-state index contributed by atoms with van der Waals surface area (Å²) in [6.45, 7) is 4.13. The van der Waals surface area contributed by atoms with Crippen molar-refractivity contribution in [2.24, 2.45) is 0 Å². The van der Waals surface area contributed by atoms with Crippen molar-refractivity contribution in [1.29, 1.82) is 0 Å². The summed E-state index contributed by atoms with van der Waals surface area (Å²) < 4.78 is 11.8. The minimum atomic E-state index is -0.422. The third kappa shape index (κ3) is 5.41. The molecule has 9 heteroatoms. The number of benzene rings is 3. The predicted octanol–water partition coefficient (Wildman–Crippen LogP) is 5.62. The molecule has 0 aliphatic rings. The van der Waals surface area contributed by atoms with Gasteiger partial charge < -0.3 is 9.47 Å². The van der Waals surface area contributed by atoms with Gasteiger partial charge in [-0.3, -0.25) is 0 Å². The Bertz CT molecular complexity index is 1500. The van der Waals surface area contributed by atoms with E-state index in [4.69, 9.17) is 14.5 Å². The number of carbonyl (C=O) groups excluding carboxylic acids is 1. The van der Waals surface area contributed by atoms with Gasteiger partial charge in [-0.1, -0.05) is 67.9 Å². The Hall–Kier alpha value is -3.99. The summed E-state index contributed by atoms with van der Waals surface area (Å²) >= 11 is 0. The molecule has 0 aliphatic carbocycles. The first kappa shape index (κ1) is 26.1. The Kier molecular flexibility index (Phi) is 8.34. The monoisotopic (exact) mass is 486 g/mol. The predicted molar refractivity (Wildman–Crippen MR) is 143 cm³/mol. The summed E-state index contributed by atoms with van der Waals surface area (Å²) in [7, 11) is 0. The molecule has 1 radical (unpaired) electrons. The van der Waals surface area contributed by atoms with Gasteiger partial charge in [0.2, 0.25) is 5.82 Å². The van der Waals surface area contributed by atoms with E-state index >= 15 is 0 Å². The van der Waals surface area contributed by atoms with Crippen molar-refractivity contribution >= 4 is 35.7 Å². The van der Waals surface area contributed by atoms with Crippen molar-refractivity contribution in [1.82, 2.24) is 25.6 Å². The van der Waals surface area contributed by atoms with Gasteiger partial charge in [-0.05, 0) is 47.9 Å². The Morgan fingerprint density at radius 2 is 1.65 bits per heavy atom. The summed E-state index contributed by atoms with van der Waals surface area (Å²) in [5, 5.41) is 15.1. The van der Waals surface area contributed by atoms with Gasteiger partial charge in [-0.15, -0.1) is 10.2 Å². The number of hydrogen-bond acceptors (Lipinski definition) is 7. The number of esters is 1. The normalized spacial score (nSPS) is 10.6. The van der Waals surface area contributed by atoms with Gasteiger partial charge in [-0.25, -0.2) is 9.78 Å². The van der Waals surface area contributed by atoms with Gasteiger partial charge in [-0.2, -0.15) is 5.21 Å². The van der Waals surface area contributed by atoms with Gasteiger partial charge in [0, 0.05) is 29.8 Å². The SMILES string of the molecule is CCCc1nc2ccccc2c(C(=O)OCC)c1Oc1ccc(-c2ccccc2-c2nn[nH]n2)cc1.[Li]. The molecule has 0 unspecified atom stereocenters. The van der Waals surface area contributed by atoms with Crippen molar-refractivity contribution in [3.05, 3.63) is 84.1 Å². The smallest absolute Gasteiger partial charge is 0.342 e. The summed E-state index contributed by atoms with van der Waals surface area (Å²) in [4.78, 5) is 17.9. The fraction of sp³-hybridized carbons (Fsp3) is 0.179. The van der Waals surface area contributed by atoms with Crippen LogP contribution in [0.15, 0.2) is 72.8 Å². The topological polar surface area (TPSA) is 103 Å². The van der Waals surface area contributed by atoms with Crippen LogP contribution in [0.4, 0.5) is 0 Å². The molecule has 3 aromatic carbocycles. The number of tetrazole rings is 1. The number of aryl methyl sites for hydroxylation is 1. The van der Waals surface area contributed by atoms with Crippen molar-refractivity contribution in [2.45, 2.75) is 26.7 Å². The van der Waals surface area contributed by atoms with E-state index in [9.17, 15) is 4.79 Å². The van der Waals surface area contributed by atoms with Crippen LogP contribution >= 0.6 is 0 Å². The van der Waals surface area contributed by atoms with E-state index in [0.717, 1.165) is 34.3 Å². The van der Waals surface area contributed by atoms with E-state index in [1.807, 2.05) is 72.8 Å². The Morgan fingerprint density at radius 1 is 0.919 bits per heavy atom. The molecule has 8 nitrogen and oxygen atoms in total. The zero-order valence-corrected chi connectivity index (χ0v) is 21.1. The molecule has 0 amide bonds. The van der Waals surface area contributed by atoms with Gasteiger partial charge in [0.05, 0.1) is 17.8 Å². The number of para-hydroxylation sites is 1. The molecular formula is C28H25LiN5O3. The molecule has 0 bridgehead atoms. The van der Waals surface area contributed by atoms with Gasteiger partial charge in [0.15, 0.2) is 5.75 Å². The van der Waals surface area contributed by atoms with E-state index in [-0.39, 0.29) is 25.5 Å². The number of aromatic nitrogens is 5. The molecule has 0 fully saturated rings. The number of fused-ring (bicyclic) bond motifs is 1. The maximum Gasteiger partial charge on any atom is 0.342 e. The number of nitrogens with one attached hydrogen (secondary N) is 1. The molecule has 1 N–H and O–H groups in total. The Morgan fingerprint density at radius 3 is 2.35 bits per heavy atom. The number of hydrogen-bond donors (Lipinski definition) is 1. The molecule has 181 valence electrons. The quantitative estimate of drug-likeness (QED) is 0.224. The molecule has 37 heavy (non-hydrogen) atoms. The van der Waals surface area contributed by atoms with Gasteiger partial charge in [0.1, 0.15) is 11.3 Å². The summed E-state index contributed by atoms with van der Waals surface area (Å²) in [6, 6.07) is 23.1. The second-order valence-electron chi connectivity index (χ2n) is 8.16. The van der Waals surface area contributed by atoms with Crippen LogP contribution < -0.4 is 4.74 Å². The molecule has 0 saturated carbocycles. The molecule has 5 rings (SSSR count). The average molecular weight is 486 g/mol. The number of carbonyl (C=O) groups is 1. The molecule has 0 saturated heterocycles. The van der Waals surface area contributed by atoms with E-state index in [1.165, 1.54) is 0 Å². The van der Waals surface area contributed by atoms with Crippen LogP contribution in [0.5, 0.6) is 11.5 Å². The second kappa shape index (κ2) is 11.8. The fourth-order valence-corrected chi connectivity index (χ4v) is 4.19. The van der Waals surface area contributed by atoms with E-state index in [1.54, 1.807) is 6.92 Å². The average Bonchev–Trinajstić information content (AvgIpc) is 3.45. The van der Waals surface area contributed by atoms with Gasteiger partial charge in [0.25, 0.3) is 0 Å². The largest absolute Gasteiger partial charge is 0.462 e. The van der Waals surface area contributed by atoms with E-state index in [0.29, 0.717) is 34.7 Å². The molecule has 0 aliphatic heterocycles. The Balaban J connectivity index is 0.00000320. The number of H-pyrrole nitrogens is 1.